The van der Waals surface area contributed by atoms with Gasteiger partial charge in [0.15, 0.2) is 19.8 Å². The van der Waals surface area contributed by atoms with Crippen LogP contribution in [0.1, 0.15) is 171 Å². The van der Waals surface area contributed by atoms with Crippen LogP contribution >= 0.6 is 34.8 Å². The van der Waals surface area contributed by atoms with Crippen molar-refractivity contribution in [1.29, 1.82) is 0 Å². The van der Waals surface area contributed by atoms with Crippen LogP contribution in [0.15, 0.2) is 91.0 Å². The van der Waals surface area contributed by atoms with Gasteiger partial charge < -0.3 is 108 Å². The number of halogens is 3. The predicted molar refractivity (Wildman–Crippen MR) is 439 cm³/mol. The number of carbonyl (C=O) groups excluding carboxylic acids is 14. The lowest BCUT2D eigenvalue weighted by Gasteiger charge is -2.19. The second-order valence-electron chi connectivity index (χ2n) is 26.4. The normalized spacial score (nSPS) is 10.5. The lowest BCUT2D eigenvalue weighted by molar-refractivity contribution is -0.158. The van der Waals surface area contributed by atoms with E-state index < -0.39 is 145 Å². The molecule has 0 bridgehead atoms. The van der Waals surface area contributed by atoms with Gasteiger partial charge in [0.25, 0.3) is 0 Å². The van der Waals surface area contributed by atoms with Crippen LogP contribution in [-0.2, 0) is 153 Å². The molecule has 4 rings (SSSR count). The van der Waals surface area contributed by atoms with E-state index in [0.29, 0.717) is 19.4 Å². The molecule has 3 aromatic rings. The van der Waals surface area contributed by atoms with Gasteiger partial charge in [0.2, 0.25) is 5.24 Å². The number of hydrogen-bond acceptors (Lipinski definition) is 33. The Morgan fingerprint density at radius 3 is 0.893 bits per heavy atom. The fourth-order valence-corrected chi connectivity index (χ4v) is 6.99. The SMILES string of the molecule is C.C.C1CCOC1.CC(C)(C)OC(=O)NCC(=O)O.CC(C)(C)OC(=O)NCC(=O)OCC(=O)OCCCC(=O)O.CC(C)(C)OC(=O)NCC(=O)OCC(=O)OCCCC(=O)OCc1ccccc1.NCC(=O)OCC(=O)OCCCC(=O)O.O=C(CCCO)OCc1ccccc1.O=C(CCl)OCCCC(=O)OCc1ccccc1.O=C(Cl)CCl. The van der Waals surface area contributed by atoms with Crippen molar-refractivity contribution in [2.45, 2.75) is 191 Å². The number of carbonyl (C=O) groups is 17. The fourth-order valence-electron chi connectivity index (χ4n) is 6.91. The summed E-state index contributed by atoms with van der Waals surface area (Å²) >= 11 is 14.8. The number of alkyl carbamates (subject to hydrolysis) is 3. The number of amides is 3. The number of alkyl halides is 2. The van der Waals surface area contributed by atoms with Crippen LogP contribution in [0.3, 0.4) is 0 Å². The van der Waals surface area contributed by atoms with Crippen LogP contribution in [-0.4, -0.2) is 242 Å². The highest BCUT2D eigenvalue weighted by Crippen LogP contribution is 2.11. The highest BCUT2D eigenvalue weighted by molar-refractivity contribution is 6.67. The molecule has 1 saturated heterocycles. The van der Waals surface area contributed by atoms with Crippen LogP contribution in [0.2, 0.25) is 0 Å². The first-order chi connectivity index (χ1) is 56.4. The molecule has 42 heteroatoms. The number of esters is 10. The largest absolute Gasteiger partial charge is 0.481 e. The van der Waals surface area contributed by atoms with Gasteiger partial charge in [-0.15, -0.1) is 23.2 Å². The minimum atomic E-state index is -1.10. The van der Waals surface area contributed by atoms with Gasteiger partial charge >= 0.3 is 95.9 Å². The molecule has 39 nitrogen and oxygen atoms in total. The molecule has 692 valence electrons. The summed E-state index contributed by atoms with van der Waals surface area (Å²) in [5.74, 6) is -9.35. The molecule has 3 amide bonds. The van der Waals surface area contributed by atoms with E-state index in [4.69, 9.17) is 104 Å². The van der Waals surface area contributed by atoms with E-state index in [2.05, 4.69) is 39.6 Å². The third kappa shape index (κ3) is 94.5. The van der Waals surface area contributed by atoms with Crippen molar-refractivity contribution in [3.63, 3.8) is 0 Å². The maximum absolute atomic E-state index is 11.6. The van der Waals surface area contributed by atoms with Crippen LogP contribution in [0.5, 0.6) is 0 Å². The first-order valence-electron chi connectivity index (χ1n) is 36.9. The number of aliphatic hydroxyl groups is 1. The van der Waals surface area contributed by atoms with Crippen molar-refractivity contribution >= 4 is 136 Å². The Morgan fingerprint density at radius 2 is 0.648 bits per heavy atom. The maximum Gasteiger partial charge on any atom is 0.408 e. The van der Waals surface area contributed by atoms with Gasteiger partial charge in [-0.05, 0) is 136 Å². The minimum absolute atomic E-state index is 0. The summed E-state index contributed by atoms with van der Waals surface area (Å²) in [5, 5.41) is 39.3. The summed E-state index contributed by atoms with van der Waals surface area (Å²) in [6.07, 6.45) is 2.30. The molecule has 1 aliphatic heterocycles. The second-order valence-corrected chi connectivity index (χ2v) is 27.4. The molecule has 0 aliphatic carbocycles. The van der Waals surface area contributed by atoms with Gasteiger partial charge in [-0.25, -0.2) is 28.8 Å². The zero-order chi connectivity index (χ0) is 91.6. The van der Waals surface area contributed by atoms with E-state index in [1.54, 1.807) is 62.3 Å². The number of nitrogens with two attached hydrogens (primary N) is 1. The maximum atomic E-state index is 11.6. The number of carboxylic acids is 3. The molecule has 0 saturated carbocycles. The lowest BCUT2D eigenvalue weighted by atomic mass is 10.2. The minimum Gasteiger partial charge on any atom is -0.481 e. The van der Waals surface area contributed by atoms with E-state index in [1.807, 2.05) is 91.0 Å². The second kappa shape index (κ2) is 77.3. The molecule has 0 aromatic heterocycles. The van der Waals surface area contributed by atoms with Crippen LogP contribution < -0.4 is 21.7 Å². The Morgan fingerprint density at radius 1 is 0.369 bits per heavy atom. The van der Waals surface area contributed by atoms with Gasteiger partial charge in [-0.1, -0.05) is 106 Å². The molecule has 0 unspecified atom stereocenters. The van der Waals surface area contributed by atoms with Crippen LogP contribution in [0, 0.1) is 0 Å². The summed E-state index contributed by atoms with van der Waals surface area (Å²) in [5.41, 5.74) is 5.76. The van der Waals surface area contributed by atoms with E-state index in [-0.39, 0.29) is 143 Å². The van der Waals surface area contributed by atoms with Crippen LogP contribution in [0.25, 0.3) is 0 Å². The highest BCUT2D eigenvalue weighted by atomic mass is 35.5. The van der Waals surface area contributed by atoms with Gasteiger partial charge in [-0.2, -0.15) is 0 Å². The first kappa shape index (κ1) is 122. The molecule has 9 N–H and O–H groups in total. The molecule has 1 aliphatic rings. The van der Waals surface area contributed by atoms with E-state index in [9.17, 15) is 81.5 Å². The third-order valence-corrected chi connectivity index (χ3v) is 12.8. The summed E-state index contributed by atoms with van der Waals surface area (Å²) < 4.78 is 67.1. The number of hydrogen-bond donors (Lipinski definition) is 8. The lowest BCUT2D eigenvalue weighted by Crippen LogP contribution is -2.36. The number of aliphatic hydroxyl groups excluding tert-OH is 1. The monoisotopic (exact) mass is 1800 g/mol. The van der Waals surface area contributed by atoms with Crippen molar-refractivity contribution in [2.24, 2.45) is 5.73 Å². The Kier molecular flexibility index (Phi) is 77.2. The van der Waals surface area contributed by atoms with Gasteiger partial charge in [-0.3, -0.25) is 52.7 Å². The Balaban J connectivity index is -0.000000328. The smallest absolute Gasteiger partial charge is 0.408 e. The Hall–Kier alpha value is -11.0. The molecular weight excluding hydrogens is 1680 g/mol. The molecule has 3 aromatic carbocycles. The first-order valence-corrected chi connectivity index (χ1v) is 38.3. The van der Waals surface area contributed by atoms with Crippen molar-refractivity contribution in [3.05, 3.63) is 108 Å². The summed E-state index contributed by atoms with van der Waals surface area (Å²) in [4.78, 5) is 185. The Labute approximate surface area is 725 Å². The summed E-state index contributed by atoms with van der Waals surface area (Å²) in [6.45, 7) is 14.8. The molecule has 1 heterocycles. The Bertz CT molecular complexity index is 3460. The van der Waals surface area contributed by atoms with Crippen LogP contribution in [0.4, 0.5) is 14.4 Å². The van der Waals surface area contributed by atoms with E-state index >= 15 is 0 Å². The van der Waals surface area contributed by atoms with E-state index in [1.165, 1.54) is 12.8 Å². The number of rotatable bonds is 40. The van der Waals surface area contributed by atoms with Gasteiger partial charge in [0.1, 0.15) is 62.1 Å². The highest BCUT2D eigenvalue weighted by Gasteiger charge is 2.21. The average molecular weight is 1810 g/mol. The number of benzene rings is 3. The topological polar surface area (TPSA) is 562 Å². The molecular formula is C80H121Cl3N4O35. The van der Waals surface area contributed by atoms with Crippen molar-refractivity contribution in [1.82, 2.24) is 16.0 Å². The standard InChI is InChI=1S/C20H27NO8.C13H15ClO4.C13H21NO8.C11H14O3.C8H13NO6.C7H13NO4.C4H8O.C2H2Cl2O.2CH4/c1-20(2,3)29-19(25)21-12-17(23)28-14-18(24)26-11-7-10-16(22)27-13-15-8-5-4-6-9-15;14-9-13(16)17-8-4-7-12(15)18-10-11-5-2-1-3-6-11;1-13(2,3)22-12(19)14-7-10(17)21-8-11(18)20-6-4-5-9(15)16;12-8-4-7-11(13)14-9-10-5-2-1-3-6-10;9-4-7(12)15-5-8(13)14-3-1-2-6(10)11;1-7(2,3)12-6(11)8-4-5(9)10;1-2-4-5-3-1;3-1-2(4)5;;/h4-6,8-9H,7,10-14H2,1-3H3,(H,21,25);1-3,5-6H,4,7-10H2;4-8H2,1-3H3,(H,14,19)(H,15,16);1-3,5-6,12H,4,7-9H2;1-5,9H2,(H,10,11);4H2,1-3H3,(H,8,11)(H,9,10);1-4H2;1H2;2*1H4. The number of carboxylic acid groups (broad SMARTS) is 3. The third-order valence-electron chi connectivity index (χ3n) is 12.0. The number of ether oxygens (including phenoxy) is 14. The molecule has 0 atom stereocenters. The van der Waals surface area contributed by atoms with Gasteiger partial charge in [0, 0.05) is 51.9 Å². The zero-order valence-electron chi connectivity index (χ0n) is 68.7. The summed E-state index contributed by atoms with van der Waals surface area (Å²) in [6, 6.07) is 28.2. The molecule has 0 radical (unpaired) electrons. The van der Waals surface area contributed by atoms with Gasteiger partial charge in [0.05, 0.1) is 38.9 Å². The zero-order valence-corrected chi connectivity index (χ0v) is 71.0. The average Bonchev–Trinajstić information content (AvgIpc) is 1.12. The summed E-state index contributed by atoms with van der Waals surface area (Å²) in [7, 11) is 0. The number of aliphatic carboxylic acids is 3. The van der Waals surface area contributed by atoms with Crippen molar-refractivity contribution in [3.8, 4) is 0 Å². The van der Waals surface area contributed by atoms with Crippen molar-refractivity contribution in [2.75, 3.05) is 104 Å². The molecule has 122 heavy (non-hydrogen) atoms. The molecule has 1 fully saturated rings. The number of nitrogens with one attached hydrogen (secondary N) is 3. The fraction of sp³-hybridized carbons (Fsp3) is 0.562. The quantitative estimate of drug-likeness (QED) is 0.00865. The molecule has 0 spiro atoms. The van der Waals surface area contributed by atoms with Crippen molar-refractivity contribution < 1.29 is 168 Å². The van der Waals surface area contributed by atoms with E-state index in [0.717, 1.165) is 29.9 Å². The predicted octanol–water partition coefficient (Wildman–Crippen LogP) is 8.93.